The van der Waals surface area contributed by atoms with Crippen LogP contribution < -0.4 is 10.6 Å². The molecule has 90 valence electrons. The zero-order valence-electron chi connectivity index (χ0n) is 10.1. The summed E-state index contributed by atoms with van der Waals surface area (Å²) in [6.07, 6.45) is 1.85. The summed E-state index contributed by atoms with van der Waals surface area (Å²) in [7, 11) is 0. The molecular weight excluding hydrogens is 236 g/mol. The smallest absolute Gasteiger partial charge is 0.209 e. The van der Waals surface area contributed by atoms with Gasteiger partial charge in [-0.25, -0.2) is 4.99 Å². The van der Waals surface area contributed by atoms with Gasteiger partial charge >= 0.3 is 0 Å². The number of aliphatic imine (C=N–C) groups is 1. The number of hydrogen-bond donors (Lipinski definition) is 2. The molecule has 17 heavy (non-hydrogen) atoms. The summed E-state index contributed by atoms with van der Waals surface area (Å²) in [5.74, 6) is 0.405. The number of nitriles is 1. The van der Waals surface area contributed by atoms with Gasteiger partial charge in [0.1, 0.15) is 0 Å². The molecule has 0 saturated heterocycles. The number of nitrogens with zero attached hydrogens (tertiary/aromatic N) is 2. The van der Waals surface area contributed by atoms with Gasteiger partial charge in [0, 0.05) is 10.7 Å². The van der Waals surface area contributed by atoms with Gasteiger partial charge < -0.3 is 5.32 Å². The van der Waals surface area contributed by atoms with Crippen molar-refractivity contribution >= 4 is 23.2 Å². The Balaban J connectivity index is 2.89. The van der Waals surface area contributed by atoms with E-state index in [1.807, 2.05) is 39.1 Å². The molecule has 0 heterocycles. The summed E-state index contributed by atoms with van der Waals surface area (Å²) >= 11 is 5.87. The molecule has 0 aliphatic rings. The van der Waals surface area contributed by atoms with Gasteiger partial charge in [0.15, 0.2) is 6.19 Å². The van der Waals surface area contributed by atoms with Crippen molar-refractivity contribution in [3.8, 4) is 6.19 Å². The Labute approximate surface area is 106 Å². The molecular formula is C12H15ClN4. The number of halogens is 1. The summed E-state index contributed by atoms with van der Waals surface area (Å²) in [6.45, 7) is 5.85. The maximum atomic E-state index is 8.66. The summed E-state index contributed by atoms with van der Waals surface area (Å²) in [5.41, 5.74) is 0.508. The fourth-order valence-corrected chi connectivity index (χ4v) is 1.37. The maximum Gasteiger partial charge on any atom is 0.209 e. The van der Waals surface area contributed by atoms with Crippen LogP contribution in [0, 0.1) is 11.5 Å². The van der Waals surface area contributed by atoms with Crippen molar-refractivity contribution in [2.24, 2.45) is 4.99 Å². The highest BCUT2D eigenvalue weighted by Gasteiger charge is 2.10. The molecule has 0 aliphatic heterocycles. The van der Waals surface area contributed by atoms with Gasteiger partial charge in [-0.1, -0.05) is 17.7 Å². The zero-order chi connectivity index (χ0) is 12.9. The zero-order valence-corrected chi connectivity index (χ0v) is 10.8. The van der Waals surface area contributed by atoms with Crippen LogP contribution in [0.25, 0.3) is 0 Å². The summed E-state index contributed by atoms with van der Waals surface area (Å²) in [4.78, 5) is 4.35. The van der Waals surface area contributed by atoms with Crippen molar-refractivity contribution in [1.82, 2.24) is 5.32 Å². The van der Waals surface area contributed by atoms with E-state index in [1.165, 1.54) is 0 Å². The lowest BCUT2D eigenvalue weighted by Gasteiger charge is -2.16. The van der Waals surface area contributed by atoms with Crippen LogP contribution in [0.5, 0.6) is 0 Å². The van der Waals surface area contributed by atoms with Gasteiger partial charge in [-0.05, 0) is 39.0 Å². The van der Waals surface area contributed by atoms with Crippen LogP contribution >= 0.6 is 11.6 Å². The molecule has 1 rings (SSSR count). The molecule has 0 aliphatic carbocycles. The monoisotopic (exact) mass is 250 g/mol. The average Bonchev–Trinajstić information content (AvgIpc) is 2.15. The van der Waals surface area contributed by atoms with Crippen LogP contribution in [0.4, 0.5) is 5.69 Å². The number of nitrogens with one attached hydrogen (secondary N) is 2. The van der Waals surface area contributed by atoms with Crippen molar-refractivity contribution in [2.75, 3.05) is 5.32 Å². The number of benzene rings is 1. The Hall–Kier alpha value is -1.73. The second-order valence-corrected chi connectivity index (χ2v) is 4.94. The van der Waals surface area contributed by atoms with Gasteiger partial charge in [0.2, 0.25) is 5.96 Å². The number of rotatable bonds is 1. The largest absolute Gasteiger partial charge is 0.325 e. The SMILES string of the molecule is CC(C)(C)N=C(NC#N)Nc1cccc(Cl)c1. The molecule has 0 amide bonds. The van der Waals surface area contributed by atoms with Crippen LogP contribution in [0.3, 0.4) is 0 Å². The minimum absolute atomic E-state index is 0.273. The predicted molar refractivity (Wildman–Crippen MR) is 71.0 cm³/mol. The Bertz CT molecular complexity index is 454. The fourth-order valence-electron chi connectivity index (χ4n) is 1.18. The standard InChI is InChI=1S/C12H15ClN4/c1-12(2,3)17-11(15-8-14)16-10-6-4-5-9(13)7-10/h4-7H,1-3H3,(H2,15,16,17). The third-order valence-corrected chi connectivity index (χ3v) is 1.94. The van der Waals surface area contributed by atoms with E-state index in [9.17, 15) is 0 Å². The lowest BCUT2D eigenvalue weighted by Crippen LogP contribution is -2.30. The highest BCUT2D eigenvalue weighted by Crippen LogP contribution is 2.15. The number of anilines is 1. The molecule has 0 spiro atoms. The van der Waals surface area contributed by atoms with Gasteiger partial charge in [0.25, 0.3) is 0 Å². The summed E-state index contributed by atoms with van der Waals surface area (Å²) in [5, 5.41) is 14.8. The molecule has 1 aromatic carbocycles. The molecule has 0 atom stereocenters. The average molecular weight is 251 g/mol. The molecule has 0 unspecified atom stereocenters. The van der Waals surface area contributed by atoms with Gasteiger partial charge in [0.05, 0.1) is 5.54 Å². The number of guanidine groups is 1. The summed E-state index contributed by atoms with van der Waals surface area (Å²) in [6, 6.07) is 7.22. The van der Waals surface area contributed by atoms with E-state index in [0.717, 1.165) is 5.69 Å². The lowest BCUT2D eigenvalue weighted by atomic mass is 10.1. The Morgan fingerprint density at radius 1 is 1.41 bits per heavy atom. The third-order valence-electron chi connectivity index (χ3n) is 1.71. The minimum Gasteiger partial charge on any atom is -0.325 e. The minimum atomic E-state index is -0.273. The van der Waals surface area contributed by atoms with E-state index in [1.54, 1.807) is 12.1 Å². The molecule has 0 radical (unpaired) electrons. The van der Waals surface area contributed by atoms with E-state index in [2.05, 4.69) is 15.6 Å². The van der Waals surface area contributed by atoms with Crippen molar-refractivity contribution in [1.29, 1.82) is 5.26 Å². The molecule has 4 nitrogen and oxygen atoms in total. The lowest BCUT2D eigenvalue weighted by molar-refractivity contribution is 0.581. The van der Waals surface area contributed by atoms with Crippen molar-refractivity contribution < 1.29 is 0 Å². The Kier molecular flexibility index (Phi) is 4.36. The molecule has 1 aromatic rings. The molecule has 0 saturated carbocycles. The van der Waals surface area contributed by atoms with E-state index >= 15 is 0 Å². The summed E-state index contributed by atoms with van der Waals surface area (Å²) < 4.78 is 0. The molecule has 5 heteroatoms. The molecule has 0 bridgehead atoms. The molecule has 0 aromatic heterocycles. The van der Waals surface area contributed by atoms with E-state index in [0.29, 0.717) is 11.0 Å². The van der Waals surface area contributed by atoms with Crippen LogP contribution in [0.15, 0.2) is 29.3 Å². The predicted octanol–water partition coefficient (Wildman–Crippen LogP) is 2.98. The second kappa shape index (κ2) is 5.55. The maximum absolute atomic E-state index is 8.66. The first kappa shape index (κ1) is 13.3. The fraction of sp³-hybridized carbons (Fsp3) is 0.333. The highest BCUT2D eigenvalue weighted by molar-refractivity contribution is 6.30. The molecule has 0 fully saturated rings. The first-order valence-electron chi connectivity index (χ1n) is 5.18. The van der Waals surface area contributed by atoms with Gasteiger partial charge in [-0.3, -0.25) is 5.32 Å². The third kappa shape index (κ3) is 5.23. The van der Waals surface area contributed by atoms with Crippen LogP contribution in [0.1, 0.15) is 20.8 Å². The Morgan fingerprint density at radius 3 is 2.65 bits per heavy atom. The first-order valence-corrected chi connectivity index (χ1v) is 5.56. The first-order chi connectivity index (χ1) is 7.90. The van der Waals surface area contributed by atoms with Gasteiger partial charge in [-0.15, -0.1) is 0 Å². The second-order valence-electron chi connectivity index (χ2n) is 4.50. The van der Waals surface area contributed by atoms with Crippen LogP contribution in [0.2, 0.25) is 5.02 Å². The topological polar surface area (TPSA) is 60.2 Å². The quantitative estimate of drug-likeness (QED) is 0.349. The van der Waals surface area contributed by atoms with E-state index in [4.69, 9.17) is 16.9 Å². The van der Waals surface area contributed by atoms with Crippen molar-refractivity contribution in [2.45, 2.75) is 26.3 Å². The van der Waals surface area contributed by atoms with Gasteiger partial charge in [-0.2, -0.15) is 5.26 Å². The normalized spacial score (nSPS) is 11.8. The van der Waals surface area contributed by atoms with Crippen molar-refractivity contribution in [3.05, 3.63) is 29.3 Å². The van der Waals surface area contributed by atoms with E-state index < -0.39 is 0 Å². The molecule has 2 N–H and O–H groups in total. The number of hydrogen-bond acceptors (Lipinski definition) is 2. The van der Waals surface area contributed by atoms with Crippen LogP contribution in [-0.2, 0) is 0 Å². The van der Waals surface area contributed by atoms with E-state index in [-0.39, 0.29) is 5.54 Å². The highest BCUT2D eigenvalue weighted by atomic mass is 35.5. The van der Waals surface area contributed by atoms with Crippen LogP contribution in [-0.4, -0.2) is 11.5 Å². The van der Waals surface area contributed by atoms with Crippen molar-refractivity contribution in [3.63, 3.8) is 0 Å². The Morgan fingerprint density at radius 2 is 2.12 bits per heavy atom.